The second-order valence-electron chi connectivity index (χ2n) is 6.37. The summed E-state index contributed by atoms with van der Waals surface area (Å²) in [5, 5.41) is 2.67. The van der Waals surface area contributed by atoms with Crippen LogP contribution in [-0.4, -0.2) is 17.3 Å². The van der Waals surface area contributed by atoms with Crippen molar-refractivity contribution < 1.29 is 14.3 Å². The molecule has 0 atom stereocenters. The molecule has 0 saturated heterocycles. The predicted octanol–water partition coefficient (Wildman–Crippen LogP) is 4.21. The fourth-order valence-corrected chi connectivity index (χ4v) is 1.38. The van der Waals surface area contributed by atoms with Crippen LogP contribution in [0, 0.1) is 0 Å². The van der Waals surface area contributed by atoms with Gasteiger partial charge in [-0.05, 0) is 65.8 Å². The third kappa shape index (κ3) is 6.70. The zero-order valence-corrected chi connectivity index (χ0v) is 12.5. The number of rotatable bonds is 2. The fourth-order valence-electron chi connectivity index (χ4n) is 1.38. The van der Waals surface area contributed by atoms with Crippen molar-refractivity contribution in [2.45, 2.75) is 52.7 Å². The van der Waals surface area contributed by atoms with Gasteiger partial charge in [0.25, 0.3) is 0 Å². The highest BCUT2D eigenvalue weighted by Gasteiger charge is 2.16. The maximum absolute atomic E-state index is 11.6. The molecule has 0 spiro atoms. The number of carbonyl (C=O) groups is 1. The van der Waals surface area contributed by atoms with Crippen LogP contribution in [0.25, 0.3) is 0 Å². The third-order valence-electron chi connectivity index (χ3n) is 1.92. The molecule has 4 nitrogen and oxygen atoms in total. The van der Waals surface area contributed by atoms with Gasteiger partial charge in [-0.25, -0.2) is 4.79 Å². The lowest BCUT2D eigenvalue weighted by Crippen LogP contribution is -2.27. The molecule has 1 aromatic rings. The van der Waals surface area contributed by atoms with Gasteiger partial charge in [0.15, 0.2) is 0 Å². The van der Waals surface area contributed by atoms with Gasteiger partial charge in [0.1, 0.15) is 17.0 Å². The van der Waals surface area contributed by atoms with Gasteiger partial charge in [-0.2, -0.15) is 0 Å². The van der Waals surface area contributed by atoms with Gasteiger partial charge in [-0.3, -0.25) is 5.32 Å². The normalized spacial score (nSPS) is 11.9. The number of nitrogens with one attached hydrogen (secondary N) is 1. The van der Waals surface area contributed by atoms with Crippen molar-refractivity contribution in [3.8, 4) is 5.75 Å². The Morgan fingerprint density at radius 1 is 0.947 bits per heavy atom. The highest BCUT2D eigenvalue weighted by Crippen LogP contribution is 2.20. The first-order valence-corrected chi connectivity index (χ1v) is 6.34. The summed E-state index contributed by atoms with van der Waals surface area (Å²) in [5.74, 6) is 0.766. The standard InChI is InChI=1S/C15H23NO3/c1-14(2,3)18-12-9-7-11(8-10-12)16-13(17)19-15(4,5)6/h7-10H,1-6H3,(H,16,17). The molecular weight excluding hydrogens is 242 g/mol. The topological polar surface area (TPSA) is 47.6 Å². The quantitative estimate of drug-likeness (QED) is 0.871. The van der Waals surface area contributed by atoms with E-state index in [1.54, 1.807) is 12.1 Å². The SMILES string of the molecule is CC(C)(C)OC(=O)Nc1ccc(OC(C)(C)C)cc1. The van der Waals surface area contributed by atoms with E-state index in [1.165, 1.54) is 0 Å². The molecule has 1 aromatic carbocycles. The van der Waals surface area contributed by atoms with Crippen LogP contribution in [-0.2, 0) is 4.74 Å². The molecule has 1 N–H and O–H groups in total. The molecule has 0 radical (unpaired) electrons. The van der Waals surface area contributed by atoms with Crippen LogP contribution in [0.2, 0.25) is 0 Å². The van der Waals surface area contributed by atoms with Crippen LogP contribution < -0.4 is 10.1 Å². The first kappa shape index (κ1) is 15.3. The fraction of sp³-hybridized carbons (Fsp3) is 0.533. The molecular formula is C15H23NO3. The van der Waals surface area contributed by atoms with Gasteiger partial charge in [0.05, 0.1) is 0 Å². The van der Waals surface area contributed by atoms with E-state index in [4.69, 9.17) is 9.47 Å². The van der Waals surface area contributed by atoms with E-state index in [0.717, 1.165) is 5.75 Å². The Labute approximate surface area is 115 Å². The van der Waals surface area contributed by atoms with E-state index in [0.29, 0.717) is 5.69 Å². The monoisotopic (exact) mass is 265 g/mol. The maximum atomic E-state index is 11.6. The molecule has 0 fully saturated rings. The molecule has 0 aromatic heterocycles. The molecule has 4 heteroatoms. The smallest absolute Gasteiger partial charge is 0.412 e. The van der Waals surface area contributed by atoms with Crippen LogP contribution in [0.15, 0.2) is 24.3 Å². The number of hydrogen-bond acceptors (Lipinski definition) is 3. The van der Waals surface area contributed by atoms with Gasteiger partial charge < -0.3 is 9.47 Å². The van der Waals surface area contributed by atoms with Crippen molar-refractivity contribution in [2.75, 3.05) is 5.32 Å². The number of carbonyl (C=O) groups excluding carboxylic acids is 1. The molecule has 0 saturated carbocycles. The summed E-state index contributed by atoms with van der Waals surface area (Å²) in [4.78, 5) is 11.6. The molecule has 1 amide bonds. The minimum atomic E-state index is -0.501. The average molecular weight is 265 g/mol. The van der Waals surface area contributed by atoms with Crippen molar-refractivity contribution in [3.05, 3.63) is 24.3 Å². The average Bonchev–Trinajstić information content (AvgIpc) is 2.15. The van der Waals surface area contributed by atoms with Crippen LogP contribution >= 0.6 is 0 Å². The lowest BCUT2D eigenvalue weighted by Gasteiger charge is -2.22. The molecule has 0 unspecified atom stereocenters. The Morgan fingerprint density at radius 3 is 1.89 bits per heavy atom. The molecule has 0 heterocycles. The first-order valence-electron chi connectivity index (χ1n) is 6.34. The zero-order chi connectivity index (χ0) is 14.7. The van der Waals surface area contributed by atoms with E-state index in [-0.39, 0.29) is 5.60 Å². The number of amides is 1. The maximum Gasteiger partial charge on any atom is 0.412 e. The minimum Gasteiger partial charge on any atom is -0.488 e. The number of ether oxygens (including phenoxy) is 2. The molecule has 0 aliphatic heterocycles. The van der Waals surface area contributed by atoms with Crippen LogP contribution in [0.5, 0.6) is 5.75 Å². The van der Waals surface area contributed by atoms with E-state index in [1.807, 2.05) is 53.7 Å². The van der Waals surface area contributed by atoms with Crippen molar-refractivity contribution in [1.29, 1.82) is 0 Å². The Kier molecular flexibility index (Phi) is 4.45. The van der Waals surface area contributed by atoms with E-state index in [2.05, 4.69) is 5.32 Å². The molecule has 0 bridgehead atoms. The van der Waals surface area contributed by atoms with E-state index >= 15 is 0 Å². The summed E-state index contributed by atoms with van der Waals surface area (Å²) in [6.07, 6.45) is -0.461. The van der Waals surface area contributed by atoms with Crippen molar-refractivity contribution >= 4 is 11.8 Å². The second-order valence-corrected chi connectivity index (χ2v) is 6.37. The number of benzene rings is 1. The van der Waals surface area contributed by atoms with Crippen molar-refractivity contribution in [2.24, 2.45) is 0 Å². The van der Waals surface area contributed by atoms with Crippen molar-refractivity contribution in [1.82, 2.24) is 0 Å². The van der Waals surface area contributed by atoms with Crippen LogP contribution in [0.3, 0.4) is 0 Å². The molecule has 19 heavy (non-hydrogen) atoms. The highest BCUT2D eigenvalue weighted by molar-refractivity contribution is 5.84. The predicted molar refractivity (Wildman–Crippen MR) is 76.7 cm³/mol. The summed E-state index contributed by atoms with van der Waals surface area (Å²) in [6, 6.07) is 7.20. The lowest BCUT2D eigenvalue weighted by molar-refractivity contribution is 0.0635. The van der Waals surface area contributed by atoms with Crippen LogP contribution in [0.1, 0.15) is 41.5 Å². The Hall–Kier alpha value is -1.71. The number of hydrogen-bond donors (Lipinski definition) is 1. The number of anilines is 1. The highest BCUT2D eigenvalue weighted by atomic mass is 16.6. The van der Waals surface area contributed by atoms with Gasteiger partial charge >= 0.3 is 6.09 Å². The summed E-state index contributed by atoms with van der Waals surface area (Å²) >= 11 is 0. The van der Waals surface area contributed by atoms with Gasteiger partial charge in [0, 0.05) is 5.69 Å². The van der Waals surface area contributed by atoms with E-state index < -0.39 is 11.7 Å². The van der Waals surface area contributed by atoms with Gasteiger partial charge in [-0.1, -0.05) is 0 Å². The summed E-state index contributed by atoms with van der Waals surface area (Å²) < 4.78 is 10.9. The first-order chi connectivity index (χ1) is 8.55. The summed E-state index contributed by atoms with van der Waals surface area (Å²) in [7, 11) is 0. The zero-order valence-electron chi connectivity index (χ0n) is 12.5. The van der Waals surface area contributed by atoms with Gasteiger partial charge in [0.2, 0.25) is 0 Å². The van der Waals surface area contributed by atoms with Crippen LogP contribution in [0.4, 0.5) is 10.5 Å². The molecule has 0 aliphatic rings. The summed E-state index contributed by atoms with van der Waals surface area (Å²) in [5.41, 5.74) is -0.0602. The molecule has 0 aliphatic carbocycles. The molecule has 1 rings (SSSR count). The van der Waals surface area contributed by atoms with Gasteiger partial charge in [-0.15, -0.1) is 0 Å². The second kappa shape index (κ2) is 5.51. The third-order valence-corrected chi connectivity index (χ3v) is 1.92. The minimum absolute atomic E-state index is 0.236. The van der Waals surface area contributed by atoms with Crippen molar-refractivity contribution in [3.63, 3.8) is 0 Å². The summed E-state index contributed by atoms with van der Waals surface area (Å²) in [6.45, 7) is 11.4. The Balaban J connectivity index is 2.60. The van der Waals surface area contributed by atoms with E-state index in [9.17, 15) is 4.79 Å². The largest absolute Gasteiger partial charge is 0.488 e. The molecule has 106 valence electrons. The Bertz CT molecular complexity index is 424. The lowest BCUT2D eigenvalue weighted by atomic mass is 10.2. The Morgan fingerprint density at radius 2 is 1.47 bits per heavy atom.